The van der Waals surface area contributed by atoms with E-state index in [0.29, 0.717) is 19.1 Å². The zero-order valence-corrected chi connectivity index (χ0v) is 13.5. The van der Waals surface area contributed by atoms with Gasteiger partial charge in [0.25, 0.3) is 0 Å². The molecule has 0 fully saturated rings. The lowest BCUT2D eigenvalue weighted by Crippen LogP contribution is -2.19. The van der Waals surface area contributed by atoms with Crippen molar-refractivity contribution in [2.45, 2.75) is 26.3 Å². The zero-order valence-electron chi connectivity index (χ0n) is 13.5. The molecular formula is C14H26N6O. The Labute approximate surface area is 125 Å². The molecule has 0 saturated carbocycles. The van der Waals surface area contributed by atoms with Gasteiger partial charge >= 0.3 is 0 Å². The average Bonchev–Trinajstić information content (AvgIpc) is 2.88. The number of aromatic nitrogens is 4. The monoisotopic (exact) mass is 294 g/mol. The van der Waals surface area contributed by atoms with Gasteiger partial charge in [-0.25, -0.2) is 4.98 Å². The van der Waals surface area contributed by atoms with Crippen molar-refractivity contribution in [3.05, 3.63) is 5.69 Å². The van der Waals surface area contributed by atoms with Crippen LogP contribution in [0.1, 0.15) is 19.0 Å². The summed E-state index contributed by atoms with van der Waals surface area (Å²) in [4.78, 5) is 6.57. The fraction of sp³-hybridized carbons (Fsp3) is 0.714. The Morgan fingerprint density at radius 2 is 2.05 bits per heavy atom. The van der Waals surface area contributed by atoms with Crippen molar-refractivity contribution < 1.29 is 4.74 Å². The molecule has 0 spiro atoms. The van der Waals surface area contributed by atoms with Gasteiger partial charge in [-0.1, -0.05) is 13.3 Å². The quantitative estimate of drug-likeness (QED) is 0.732. The Bertz CT molecular complexity index is 586. The standard InChI is InChI=1S/C14H26N6O/c1-5-6-11-12-13(19(4)17-11)20(14(15)16-12)8-10-21-9-7-18(2)3/h5-10H2,1-4H3,(H2,15,16). The minimum absolute atomic E-state index is 0.534. The number of ether oxygens (including phenoxy) is 1. The van der Waals surface area contributed by atoms with Gasteiger partial charge in [0.05, 0.1) is 25.5 Å². The number of nitrogen functional groups attached to an aromatic ring is 1. The fourth-order valence-corrected chi connectivity index (χ4v) is 2.39. The topological polar surface area (TPSA) is 74.1 Å². The molecule has 0 aliphatic heterocycles. The summed E-state index contributed by atoms with van der Waals surface area (Å²) in [6.07, 6.45) is 1.97. The molecule has 0 unspecified atom stereocenters. The summed E-state index contributed by atoms with van der Waals surface area (Å²) >= 11 is 0. The number of fused-ring (bicyclic) bond motifs is 1. The smallest absolute Gasteiger partial charge is 0.202 e. The molecule has 21 heavy (non-hydrogen) atoms. The molecule has 2 heterocycles. The van der Waals surface area contributed by atoms with Crippen molar-refractivity contribution in [3.8, 4) is 0 Å². The van der Waals surface area contributed by atoms with E-state index >= 15 is 0 Å². The number of hydrogen-bond donors (Lipinski definition) is 1. The lowest BCUT2D eigenvalue weighted by atomic mass is 10.2. The van der Waals surface area contributed by atoms with Crippen LogP contribution < -0.4 is 5.73 Å². The molecule has 7 nitrogen and oxygen atoms in total. The molecule has 0 saturated heterocycles. The molecule has 0 aromatic carbocycles. The second-order valence-corrected chi connectivity index (χ2v) is 5.53. The molecule has 2 N–H and O–H groups in total. The first kappa shape index (κ1) is 15.8. The van der Waals surface area contributed by atoms with Gasteiger partial charge in [-0.3, -0.25) is 9.25 Å². The van der Waals surface area contributed by atoms with Gasteiger partial charge in [-0.15, -0.1) is 0 Å². The van der Waals surface area contributed by atoms with Crippen molar-refractivity contribution in [1.82, 2.24) is 24.2 Å². The Morgan fingerprint density at radius 1 is 1.29 bits per heavy atom. The number of anilines is 1. The minimum atomic E-state index is 0.534. The van der Waals surface area contributed by atoms with Crippen LogP contribution in [0.15, 0.2) is 0 Å². The molecule has 118 valence electrons. The van der Waals surface area contributed by atoms with Crippen molar-refractivity contribution in [1.29, 1.82) is 0 Å². The largest absolute Gasteiger partial charge is 0.378 e. The Morgan fingerprint density at radius 3 is 2.71 bits per heavy atom. The highest BCUT2D eigenvalue weighted by Gasteiger charge is 2.17. The van der Waals surface area contributed by atoms with Gasteiger partial charge in [-0.05, 0) is 20.5 Å². The van der Waals surface area contributed by atoms with Gasteiger partial charge < -0.3 is 15.4 Å². The van der Waals surface area contributed by atoms with Crippen LogP contribution in [0.4, 0.5) is 5.95 Å². The summed E-state index contributed by atoms with van der Waals surface area (Å²) in [7, 11) is 6.00. The van der Waals surface area contributed by atoms with E-state index in [9.17, 15) is 0 Å². The van der Waals surface area contributed by atoms with Crippen LogP contribution in [0.3, 0.4) is 0 Å². The van der Waals surface area contributed by atoms with Crippen LogP contribution in [0.25, 0.3) is 11.2 Å². The van der Waals surface area contributed by atoms with E-state index in [2.05, 4.69) is 21.9 Å². The van der Waals surface area contributed by atoms with Gasteiger partial charge in [-0.2, -0.15) is 5.10 Å². The number of aryl methyl sites for hydroxylation is 2. The van der Waals surface area contributed by atoms with Crippen LogP contribution in [0, 0.1) is 0 Å². The Balaban J connectivity index is 2.07. The highest BCUT2D eigenvalue weighted by molar-refractivity contribution is 5.77. The van der Waals surface area contributed by atoms with Gasteiger partial charge in [0, 0.05) is 13.6 Å². The molecule has 7 heteroatoms. The molecule has 2 aromatic heterocycles. The van der Waals surface area contributed by atoms with E-state index in [4.69, 9.17) is 10.5 Å². The number of hydrogen-bond acceptors (Lipinski definition) is 5. The summed E-state index contributed by atoms with van der Waals surface area (Å²) < 4.78 is 9.49. The number of imidazole rings is 1. The third-order valence-electron chi connectivity index (χ3n) is 3.45. The van der Waals surface area contributed by atoms with E-state index in [1.54, 1.807) is 0 Å². The van der Waals surface area contributed by atoms with E-state index < -0.39 is 0 Å². The third kappa shape index (κ3) is 3.54. The van der Waals surface area contributed by atoms with E-state index in [0.717, 1.165) is 42.9 Å². The van der Waals surface area contributed by atoms with E-state index in [-0.39, 0.29) is 0 Å². The molecule has 0 amide bonds. The second kappa shape index (κ2) is 6.91. The maximum atomic E-state index is 6.04. The summed E-state index contributed by atoms with van der Waals surface area (Å²) in [6, 6.07) is 0. The molecule has 0 atom stereocenters. The molecule has 0 bridgehead atoms. The summed E-state index contributed by atoms with van der Waals surface area (Å²) in [5.74, 6) is 0.534. The fourth-order valence-electron chi connectivity index (χ4n) is 2.39. The molecule has 0 radical (unpaired) electrons. The van der Waals surface area contributed by atoms with Crippen LogP contribution in [0.5, 0.6) is 0 Å². The minimum Gasteiger partial charge on any atom is -0.378 e. The predicted octanol–water partition coefficient (Wildman–Crippen LogP) is 0.883. The predicted molar refractivity (Wildman–Crippen MR) is 84.3 cm³/mol. The van der Waals surface area contributed by atoms with E-state index in [1.165, 1.54) is 0 Å². The van der Waals surface area contributed by atoms with Gasteiger partial charge in [0.15, 0.2) is 5.65 Å². The van der Waals surface area contributed by atoms with Gasteiger partial charge in [0.1, 0.15) is 5.52 Å². The lowest BCUT2D eigenvalue weighted by Gasteiger charge is -2.11. The number of rotatable bonds is 8. The van der Waals surface area contributed by atoms with E-state index in [1.807, 2.05) is 30.4 Å². The van der Waals surface area contributed by atoms with Crippen LogP contribution >= 0.6 is 0 Å². The molecular weight excluding hydrogens is 268 g/mol. The first-order valence-corrected chi connectivity index (χ1v) is 7.44. The number of nitrogens with zero attached hydrogens (tertiary/aromatic N) is 5. The molecule has 0 aliphatic carbocycles. The van der Waals surface area contributed by atoms with Crippen LogP contribution in [-0.4, -0.2) is 58.1 Å². The average molecular weight is 294 g/mol. The van der Waals surface area contributed by atoms with Crippen molar-refractivity contribution >= 4 is 17.1 Å². The van der Waals surface area contributed by atoms with Crippen LogP contribution in [0.2, 0.25) is 0 Å². The van der Waals surface area contributed by atoms with Crippen molar-refractivity contribution in [3.63, 3.8) is 0 Å². The first-order chi connectivity index (χ1) is 10.0. The number of nitrogens with two attached hydrogens (primary N) is 1. The number of likely N-dealkylation sites (N-methyl/N-ethyl adjacent to an activating group) is 1. The molecule has 2 rings (SSSR count). The summed E-state index contributed by atoms with van der Waals surface area (Å²) in [5, 5.41) is 4.54. The third-order valence-corrected chi connectivity index (χ3v) is 3.45. The normalized spacial score (nSPS) is 11.9. The molecule has 0 aliphatic rings. The zero-order chi connectivity index (χ0) is 15.4. The van der Waals surface area contributed by atoms with Crippen molar-refractivity contribution in [2.75, 3.05) is 39.6 Å². The van der Waals surface area contributed by atoms with Crippen LogP contribution in [-0.2, 0) is 24.8 Å². The first-order valence-electron chi connectivity index (χ1n) is 7.44. The summed E-state index contributed by atoms with van der Waals surface area (Å²) in [6.45, 7) is 5.09. The maximum Gasteiger partial charge on any atom is 0.202 e. The highest BCUT2D eigenvalue weighted by atomic mass is 16.5. The molecule has 2 aromatic rings. The Hall–Kier alpha value is -1.60. The second-order valence-electron chi connectivity index (χ2n) is 5.53. The van der Waals surface area contributed by atoms with Gasteiger partial charge in [0.2, 0.25) is 5.95 Å². The lowest BCUT2D eigenvalue weighted by molar-refractivity contribution is 0.111. The maximum absolute atomic E-state index is 6.04. The SMILES string of the molecule is CCCc1nn(C)c2c1nc(N)n2CCOCCN(C)C. The Kier molecular flexibility index (Phi) is 5.19. The highest BCUT2D eigenvalue weighted by Crippen LogP contribution is 2.21. The summed E-state index contributed by atoms with van der Waals surface area (Å²) in [5.41, 5.74) is 8.96. The van der Waals surface area contributed by atoms with Crippen molar-refractivity contribution in [2.24, 2.45) is 7.05 Å².